The summed E-state index contributed by atoms with van der Waals surface area (Å²) in [6.07, 6.45) is 6.47. The van der Waals surface area contributed by atoms with Gasteiger partial charge in [-0.15, -0.1) is 0 Å². The number of amides is 1. The standard InChI is InChI=1S/C27H29N3O5S/c28-27(31)24-15-22(20-4-2-1-3-5-20)14-23-25(16-29-26(23)24)21-6-9-30(10-7-21)36(32,33)13-12-35-18-19-8-11-34-17-19/h1-5,8,11,14-17,21,29H,6-7,9-10,12-13,18H2,(H2,28,31). The van der Waals surface area contributed by atoms with Crippen LogP contribution in [0, 0.1) is 0 Å². The molecule has 188 valence electrons. The Morgan fingerprint density at radius 3 is 2.58 bits per heavy atom. The summed E-state index contributed by atoms with van der Waals surface area (Å²) in [4.78, 5) is 15.5. The molecule has 0 radical (unpaired) electrons. The molecule has 36 heavy (non-hydrogen) atoms. The van der Waals surface area contributed by atoms with Crippen LogP contribution in [-0.4, -0.2) is 49.1 Å². The molecule has 8 nitrogen and oxygen atoms in total. The second-order valence-corrected chi connectivity index (χ2v) is 11.2. The molecule has 1 amide bonds. The highest BCUT2D eigenvalue weighted by atomic mass is 32.2. The van der Waals surface area contributed by atoms with E-state index < -0.39 is 15.9 Å². The van der Waals surface area contributed by atoms with Crippen LogP contribution in [0.2, 0.25) is 0 Å². The molecule has 1 fully saturated rings. The van der Waals surface area contributed by atoms with Gasteiger partial charge in [0.25, 0.3) is 5.91 Å². The number of primary amides is 1. The number of carbonyl (C=O) groups excluding carboxylic acids is 1. The quantitative estimate of drug-likeness (QED) is 0.328. The van der Waals surface area contributed by atoms with Crippen molar-refractivity contribution in [3.8, 4) is 11.1 Å². The van der Waals surface area contributed by atoms with Gasteiger partial charge in [0, 0.05) is 30.2 Å². The Hall–Kier alpha value is -3.40. The number of fused-ring (bicyclic) bond motifs is 1. The number of hydrogen-bond donors (Lipinski definition) is 2. The lowest BCUT2D eigenvalue weighted by Crippen LogP contribution is -2.40. The first-order valence-electron chi connectivity index (χ1n) is 12.0. The van der Waals surface area contributed by atoms with Gasteiger partial charge in [-0.2, -0.15) is 0 Å². The lowest BCUT2D eigenvalue weighted by molar-refractivity contribution is 0.100. The van der Waals surface area contributed by atoms with E-state index in [0.29, 0.717) is 38.1 Å². The third-order valence-electron chi connectivity index (χ3n) is 6.82. The van der Waals surface area contributed by atoms with Crippen LogP contribution in [0.15, 0.2) is 71.7 Å². The average Bonchev–Trinajstić information content (AvgIpc) is 3.57. The third-order valence-corrected chi connectivity index (χ3v) is 8.65. The molecule has 3 heterocycles. The summed E-state index contributed by atoms with van der Waals surface area (Å²) in [5.74, 6) is -0.359. The van der Waals surface area contributed by atoms with Crippen molar-refractivity contribution in [2.75, 3.05) is 25.4 Å². The first kappa shape index (κ1) is 24.3. The molecule has 0 atom stereocenters. The zero-order chi connectivity index (χ0) is 25.1. The molecule has 0 spiro atoms. The van der Waals surface area contributed by atoms with E-state index in [4.69, 9.17) is 14.9 Å². The number of benzene rings is 2. The van der Waals surface area contributed by atoms with Gasteiger partial charge in [-0.3, -0.25) is 4.79 Å². The van der Waals surface area contributed by atoms with Crippen molar-refractivity contribution in [2.24, 2.45) is 5.73 Å². The van der Waals surface area contributed by atoms with Gasteiger partial charge >= 0.3 is 0 Å². The molecule has 9 heteroatoms. The molecule has 1 aliphatic rings. The largest absolute Gasteiger partial charge is 0.472 e. The number of H-pyrrole nitrogens is 1. The molecular weight excluding hydrogens is 478 g/mol. The Kier molecular flexibility index (Phi) is 6.95. The minimum absolute atomic E-state index is 0.0506. The fraction of sp³-hybridized carbons (Fsp3) is 0.296. The fourth-order valence-corrected chi connectivity index (χ4v) is 6.24. The summed E-state index contributed by atoms with van der Waals surface area (Å²) in [5, 5.41) is 0.958. The Bertz CT molecular complexity index is 1440. The second-order valence-electron chi connectivity index (χ2n) is 9.09. The molecule has 0 unspecified atom stereocenters. The fourth-order valence-electron chi connectivity index (χ4n) is 4.89. The summed E-state index contributed by atoms with van der Waals surface area (Å²) in [6.45, 7) is 1.35. The predicted molar refractivity (Wildman–Crippen MR) is 138 cm³/mol. The minimum Gasteiger partial charge on any atom is -0.472 e. The molecule has 2 aromatic heterocycles. The highest BCUT2D eigenvalue weighted by molar-refractivity contribution is 7.89. The molecular formula is C27H29N3O5S. The van der Waals surface area contributed by atoms with Gasteiger partial charge in [-0.25, -0.2) is 12.7 Å². The van der Waals surface area contributed by atoms with Crippen molar-refractivity contribution < 1.29 is 22.4 Å². The van der Waals surface area contributed by atoms with Crippen molar-refractivity contribution in [3.63, 3.8) is 0 Å². The SMILES string of the molecule is NC(=O)c1cc(-c2ccccc2)cc2c(C3CCN(S(=O)(=O)CCOCc4ccoc4)CC3)c[nH]c12. The number of nitrogens with two attached hydrogens (primary N) is 1. The van der Waals surface area contributed by atoms with Gasteiger partial charge in [-0.05, 0) is 53.6 Å². The molecule has 0 aliphatic carbocycles. The molecule has 1 saturated heterocycles. The second kappa shape index (κ2) is 10.3. The number of aromatic nitrogens is 1. The number of nitrogens with one attached hydrogen (secondary N) is 1. The molecule has 3 N–H and O–H groups in total. The lowest BCUT2D eigenvalue weighted by Gasteiger charge is -2.31. The van der Waals surface area contributed by atoms with Crippen LogP contribution in [0.3, 0.4) is 0 Å². The number of rotatable bonds is 9. The van der Waals surface area contributed by atoms with Crippen LogP contribution in [0.5, 0.6) is 0 Å². The smallest absolute Gasteiger partial charge is 0.250 e. The maximum absolute atomic E-state index is 12.8. The molecule has 1 aliphatic heterocycles. The van der Waals surface area contributed by atoms with Gasteiger partial charge in [0.1, 0.15) is 0 Å². The Morgan fingerprint density at radius 2 is 1.89 bits per heavy atom. The Labute approximate surface area is 210 Å². The van der Waals surface area contributed by atoms with Gasteiger partial charge in [0.2, 0.25) is 10.0 Å². The van der Waals surface area contributed by atoms with Gasteiger partial charge < -0.3 is 19.9 Å². The van der Waals surface area contributed by atoms with E-state index >= 15 is 0 Å². The highest BCUT2D eigenvalue weighted by Crippen LogP contribution is 2.37. The normalized spacial score (nSPS) is 15.4. The van der Waals surface area contributed by atoms with Gasteiger partial charge in [0.05, 0.1) is 42.6 Å². The number of aromatic amines is 1. The number of hydrogen-bond acceptors (Lipinski definition) is 5. The molecule has 0 saturated carbocycles. The van der Waals surface area contributed by atoms with Crippen LogP contribution >= 0.6 is 0 Å². The lowest BCUT2D eigenvalue weighted by atomic mass is 9.88. The number of furan rings is 1. The van der Waals surface area contributed by atoms with Crippen molar-refractivity contribution in [1.82, 2.24) is 9.29 Å². The van der Waals surface area contributed by atoms with E-state index in [9.17, 15) is 13.2 Å². The number of ether oxygens (including phenoxy) is 1. The summed E-state index contributed by atoms with van der Waals surface area (Å²) >= 11 is 0. The molecule has 2 aromatic carbocycles. The third kappa shape index (κ3) is 5.09. The zero-order valence-electron chi connectivity index (χ0n) is 19.9. The van der Waals surface area contributed by atoms with Crippen molar-refractivity contribution in [1.29, 1.82) is 0 Å². The maximum atomic E-state index is 12.8. The topological polar surface area (TPSA) is 119 Å². The first-order valence-corrected chi connectivity index (χ1v) is 13.6. The van der Waals surface area contributed by atoms with Crippen molar-refractivity contribution in [3.05, 3.63) is 83.9 Å². The van der Waals surface area contributed by atoms with Crippen LogP contribution in [0.4, 0.5) is 0 Å². The van der Waals surface area contributed by atoms with E-state index in [0.717, 1.165) is 33.2 Å². The van der Waals surface area contributed by atoms with E-state index in [1.807, 2.05) is 42.6 Å². The molecule has 0 bridgehead atoms. The van der Waals surface area contributed by atoms with Gasteiger partial charge in [-0.1, -0.05) is 30.3 Å². The first-order chi connectivity index (χ1) is 17.4. The average molecular weight is 508 g/mol. The summed E-state index contributed by atoms with van der Waals surface area (Å²) in [6, 6.07) is 15.6. The number of nitrogens with zero attached hydrogens (tertiary/aromatic N) is 1. The van der Waals surface area contributed by atoms with E-state index in [-0.39, 0.29) is 18.3 Å². The Balaban J connectivity index is 1.29. The maximum Gasteiger partial charge on any atom is 0.250 e. The number of carbonyl (C=O) groups is 1. The molecule has 4 aromatic rings. The van der Waals surface area contributed by atoms with Crippen molar-refractivity contribution in [2.45, 2.75) is 25.4 Å². The predicted octanol–water partition coefficient (Wildman–Crippen LogP) is 4.25. The van der Waals surface area contributed by atoms with Crippen LogP contribution < -0.4 is 5.73 Å². The zero-order valence-corrected chi connectivity index (χ0v) is 20.7. The minimum atomic E-state index is -3.40. The van der Waals surface area contributed by atoms with E-state index in [1.165, 1.54) is 0 Å². The highest BCUT2D eigenvalue weighted by Gasteiger charge is 2.30. The van der Waals surface area contributed by atoms with Crippen LogP contribution in [-0.2, 0) is 21.4 Å². The number of sulfonamides is 1. The Morgan fingerprint density at radius 1 is 1.11 bits per heavy atom. The summed E-state index contributed by atoms with van der Waals surface area (Å²) in [7, 11) is -3.40. The van der Waals surface area contributed by atoms with E-state index in [2.05, 4.69) is 11.1 Å². The van der Waals surface area contributed by atoms with Crippen molar-refractivity contribution >= 4 is 26.8 Å². The van der Waals surface area contributed by atoms with Gasteiger partial charge in [0.15, 0.2) is 0 Å². The van der Waals surface area contributed by atoms with E-state index in [1.54, 1.807) is 22.9 Å². The molecule has 5 rings (SSSR count). The monoisotopic (exact) mass is 507 g/mol. The van der Waals surface area contributed by atoms with Crippen LogP contribution in [0.25, 0.3) is 22.0 Å². The summed E-state index contributed by atoms with van der Waals surface area (Å²) in [5.41, 5.74) is 10.8. The van der Waals surface area contributed by atoms with Crippen LogP contribution in [0.1, 0.15) is 40.2 Å². The number of piperidine rings is 1. The summed E-state index contributed by atoms with van der Waals surface area (Å²) < 4.78 is 37.7.